The van der Waals surface area contributed by atoms with E-state index < -0.39 is 0 Å². The van der Waals surface area contributed by atoms with Gasteiger partial charge in [-0.1, -0.05) is 27.2 Å². The average molecular weight is 250 g/mol. The molecule has 2 saturated heterocycles. The molecule has 0 aromatic carbocycles. The second kappa shape index (κ2) is 4.79. The number of nitrogens with zero attached hydrogens (tertiary/aromatic N) is 2. The number of fused-ring (bicyclic) bond motifs is 1. The predicted octanol–water partition coefficient (Wildman–Crippen LogP) is 3.12. The van der Waals surface area contributed by atoms with Crippen LogP contribution in [0, 0.1) is 5.41 Å². The van der Waals surface area contributed by atoms with Gasteiger partial charge in [-0.25, -0.2) is 0 Å². The zero-order valence-electron chi connectivity index (χ0n) is 12.5. The first kappa shape index (κ1) is 12.9. The van der Waals surface area contributed by atoms with Crippen molar-refractivity contribution in [3.63, 3.8) is 0 Å². The molecular weight excluding hydrogens is 220 g/mol. The highest BCUT2D eigenvalue weighted by atomic mass is 15.3. The van der Waals surface area contributed by atoms with Gasteiger partial charge in [0, 0.05) is 31.2 Å². The van der Waals surface area contributed by atoms with Crippen molar-refractivity contribution in [2.45, 2.75) is 77.4 Å². The van der Waals surface area contributed by atoms with E-state index in [4.69, 9.17) is 0 Å². The average Bonchev–Trinajstić information content (AvgIpc) is 2.92. The summed E-state index contributed by atoms with van der Waals surface area (Å²) in [6, 6.07) is 2.55. The number of rotatable bonds is 2. The number of piperazine rings is 1. The van der Waals surface area contributed by atoms with Gasteiger partial charge in [0.05, 0.1) is 0 Å². The molecule has 1 saturated carbocycles. The van der Waals surface area contributed by atoms with E-state index in [1.165, 1.54) is 58.2 Å². The van der Waals surface area contributed by atoms with Gasteiger partial charge in [-0.05, 0) is 44.1 Å². The Hall–Kier alpha value is -0.0800. The van der Waals surface area contributed by atoms with Crippen LogP contribution in [0.2, 0.25) is 0 Å². The molecule has 1 aliphatic carbocycles. The van der Waals surface area contributed by atoms with E-state index in [0.29, 0.717) is 5.41 Å². The first-order chi connectivity index (χ1) is 8.62. The number of hydrogen-bond acceptors (Lipinski definition) is 2. The van der Waals surface area contributed by atoms with Crippen LogP contribution in [0.5, 0.6) is 0 Å². The van der Waals surface area contributed by atoms with Crippen LogP contribution >= 0.6 is 0 Å². The van der Waals surface area contributed by atoms with Crippen molar-refractivity contribution in [3.05, 3.63) is 0 Å². The first-order valence-corrected chi connectivity index (χ1v) is 8.11. The Morgan fingerprint density at radius 2 is 1.94 bits per heavy atom. The van der Waals surface area contributed by atoms with Gasteiger partial charge in [0.2, 0.25) is 0 Å². The van der Waals surface area contributed by atoms with Gasteiger partial charge < -0.3 is 0 Å². The van der Waals surface area contributed by atoms with Crippen LogP contribution in [0.3, 0.4) is 0 Å². The molecule has 2 nitrogen and oxygen atoms in total. The largest absolute Gasteiger partial charge is 0.298 e. The molecule has 0 radical (unpaired) electrons. The Morgan fingerprint density at radius 1 is 1.11 bits per heavy atom. The smallest absolute Gasteiger partial charge is 0.0224 e. The van der Waals surface area contributed by atoms with E-state index in [1.54, 1.807) is 0 Å². The third-order valence-corrected chi connectivity index (χ3v) is 5.91. The zero-order chi connectivity index (χ0) is 12.8. The van der Waals surface area contributed by atoms with Crippen LogP contribution in [-0.4, -0.2) is 47.6 Å². The highest BCUT2D eigenvalue weighted by Crippen LogP contribution is 2.43. The Balaban J connectivity index is 1.77. The fourth-order valence-electron chi connectivity index (χ4n) is 4.78. The Morgan fingerprint density at radius 3 is 2.61 bits per heavy atom. The summed E-state index contributed by atoms with van der Waals surface area (Å²) in [4.78, 5) is 5.69. The lowest BCUT2D eigenvalue weighted by Crippen LogP contribution is -2.60. The Kier molecular flexibility index (Phi) is 3.44. The van der Waals surface area contributed by atoms with Crippen LogP contribution in [0.1, 0.15) is 59.3 Å². The highest BCUT2D eigenvalue weighted by Gasteiger charge is 2.44. The molecule has 3 rings (SSSR count). The Labute approximate surface area is 113 Å². The maximum atomic E-state index is 2.92. The summed E-state index contributed by atoms with van der Waals surface area (Å²) in [6.07, 6.45) is 8.52. The molecule has 3 fully saturated rings. The lowest BCUT2D eigenvalue weighted by atomic mass is 9.84. The van der Waals surface area contributed by atoms with Gasteiger partial charge in [0.25, 0.3) is 0 Å². The molecule has 0 aromatic heterocycles. The summed E-state index contributed by atoms with van der Waals surface area (Å²) < 4.78 is 0. The van der Waals surface area contributed by atoms with Crippen molar-refractivity contribution < 1.29 is 0 Å². The Bertz CT molecular complexity index is 299. The second-order valence-electron chi connectivity index (χ2n) is 7.45. The van der Waals surface area contributed by atoms with Crippen LogP contribution in [0.25, 0.3) is 0 Å². The van der Waals surface area contributed by atoms with Crippen LogP contribution < -0.4 is 0 Å². The minimum Gasteiger partial charge on any atom is -0.298 e. The monoisotopic (exact) mass is 250 g/mol. The van der Waals surface area contributed by atoms with E-state index in [2.05, 4.69) is 30.6 Å². The predicted molar refractivity (Wildman–Crippen MR) is 76.8 cm³/mol. The van der Waals surface area contributed by atoms with E-state index in [0.717, 1.165) is 18.1 Å². The minimum atomic E-state index is 0.550. The summed E-state index contributed by atoms with van der Waals surface area (Å²) in [5.74, 6) is 0. The molecule has 2 aliphatic heterocycles. The second-order valence-corrected chi connectivity index (χ2v) is 7.45. The molecule has 18 heavy (non-hydrogen) atoms. The van der Waals surface area contributed by atoms with Crippen molar-refractivity contribution in [3.8, 4) is 0 Å². The molecule has 0 spiro atoms. The van der Waals surface area contributed by atoms with Gasteiger partial charge in [-0.15, -0.1) is 0 Å². The molecule has 3 atom stereocenters. The maximum Gasteiger partial charge on any atom is 0.0224 e. The summed E-state index contributed by atoms with van der Waals surface area (Å²) in [5, 5.41) is 0. The highest BCUT2D eigenvalue weighted by molar-refractivity contribution is 5.00. The van der Waals surface area contributed by atoms with Crippen molar-refractivity contribution in [2.75, 3.05) is 19.6 Å². The molecule has 104 valence electrons. The van der Waals surface area contributed by atoms with Gasteiger partial charge in [-0.2, -0.15) is 0 Å². The molecule has 0 bridgehead atoms. The van der Waals surface area contributed by atoms with Crippen molar-refractivity contribution in [1.29, 1.82) is 0 Å². The van der Waals surface area contributed by atoms with Crippen LogP contribution in [-0.2, 0) is 0 Å². The minimum absolute atomic E-state index is 0.550. The standard InChI is InChI=1S/C16H30N2/c1-4-13-11-17-10-6-7-14(17)12-18(13)15-8-5-9-16(15,2)3/h13-15H,4-12H2,1-3H3. The summed E-state index contributed by atoms with van der Waals surface area (Å²) >= 11 is 0. The maximum absolute atomic E-state index is 2.92. The van der Waals surface area contributed by atoms with Crippen LogP contribution in [0.15, 0.2) is 0 Å². The quantitative estimate of drug-likeness (QED) is 0.743. The summed E-state index contributed by atoms with van der Waals surface area (Å²) in [7, 11) is 0. The van der Waals surface area contributed by atoms with Gasteiger partial charge >= 0.3 is 0 Å². The SMILES string of the molecule is CCC1CN2CCCC2CN1C1CCCC1(C)C. The van der Waals surface area contributed by atoms with Gasteiger partial charge in [0.15, 0.2) is 0 Å². The molecule has 3 aliphatic rings. The van der Waals surface area contributed by atoms with Crippen molar-refractivity contribution >= 4 is 0 Å². The molecule has 3 unspecified atom stereocenters. The van der Waals surface area contributed by atoms with E-state index in [9.17, 15) is 0 Å². The number of hydrogen-bond donors (Lipinski definition) is 0. The third-order valence-electron chi connectivity index (χ3n) is 5.91. The van der Waals surface area contributed by atoms with E-state index >= 15 is 0 Å². The van der Waals surface area contributed by atoms with E-state index in [1.807, 2.05) is 0 Å². The molecule has 0 amide bonds. The summed E-state index contributed by atoms with van der Waals surface area (Å²) in [6.45, 7) is 11.4. The molecule has 2 heteroatoms. The van der Waals surface area contributed by atoms with Crippen LogP contribution in [0.4, 0.5) is 0 Å². The third kappa shape index (κ3) is 2.12. The molecular formula is C16H30N2. The molecule has 2 heterocycles. The zero-order valence-corrected chi connectivity index (χ0v) is 12.5. The summed E-state index contributed by atoms with van der Waals surface area (Å²) in [5.41, 5.74) is 0.550. The molecule has 0 N–H and O–H groups in total. The lowest BCUT2D eigenvalue weighted by molar-refractivity contribution is -0.0102. The van der Waals surface area contributed by atoms with Crippen molar-refractivity contribution in [1.82, 2.24) is 9.80 Å². The topological polar surface area (TPSA) is 6.48 Å². The first-order valence-electron chi connectivity index (χ1n) is 8.11. The fourth-order valence-corrected chi connectivity index (χ4v) is 4.78. The van der Waals surface area contributed by atoms with Gasteiger partial charge in [0.1, 0.15) is 0 Å². The van der Waals surface area contributed by atoms with E-state index in [-0.39, 0.29) is 0 Å². The fraction of sp³-hybridized carbons (Fsp3) is 1.00. The van der Waals surface area contributed by atoms with Crippen molar-refractivity contribution in [2.24, 2.45) is 5.41 Å². The lowest BCUT2D eigenvalue weighted by Gasteiger charge is -2.49. The molecule has 0 aromatic rings. The normalized spacial score (nSPS) is 41.2. The van der Waals surface area contributed by atoms with Gasteiger partial charge in [-0.3, -0.25) is 9.80 Å².